The topological polar surface area (TPSA) is 9.72 Å². The Hall–Kier alpha value is -5.22. The lowest BCUT2D eigenvalue weighted by atomic mass is 9.33. The molecule has 0 N–H and O–H groups in total. The van der Waals surface area contributed by atoms with E-state index in [1.807, 2.05) is 0 Å². The van der Waals surface area contributed by atoms with Crippen LogP contribution in [-0.4, -0.2) is 12.3 Å². The Labute approximate surface area is 397 Å². The molecule has 3 aliphatic heterocycles. The van der Waals surface area contributed by atoms with E-state index in [0.29, 0.717) is 0 Å². The van der Waals surface area contributed by atoms with Crippen molar-refractivity contribution in [1.29, 1.82) is 0 Å². The lowest BCUT2D eigenvalue weighted by Gasteiger charge is -2.56. The second kappa shape index (κ2) is 13.7. The molecule has 3 nitrogen and oxygen atoms in total. The van der Waals surface area contributed by atoms with E-state index < -0.39 is 0 Å². The molecule has 2 aliphatic carbocycles. The summed E-state index contributed by atoms with van der Waals surface area (Å²) in [5.74, 6) is 0. The molecule has 5 aliphatic rings. The van der Waals surface area contributed by atoms with Gasteiger partial charge in [0.1, 0.15) is 0 Å². The molecule has 2 unspecified atom stereocenters. The Bertz CT molecular complexity index is 2990. The van der Waals surface area contributed by atoms with Crippen LogP contribution in [0.3, 0.4) is 0 Å². The molecule has 338 valence electrons. The summed E-state index contributed by atoms with van der Waals surface area (Å²) in [5.41, 5.74) is 23.2. The third kappa shape index (κ3) is 6.07. The fourth-order valence-electron chi connectivity index (χ4n) is 12.9. The number of para-hydroxylation sites is 1. The lowest BCUT2D eigenvalue weighted by Crippen LogP contribution is -2.62. The highest BCUT2D eigenvalue weighted by Gasteiger charge is 2.63. The predicted molar refractivity (Wildman–Crippen MR) is 285 cm³/mol. The SMILES string of the molecule is CC(C)(C)c1cccc(N2c3cc(C(C)(C)C)ccc3B3c4cc5c(cc4N(c4ccccc4)c4cc(N6c7ccc(C(C)(C)C)cc7C7(C)CCC67C)cc2c43)C(C)(C)CCC5(C)C)c1. The molecule has 0 aromatic heterocycles. The van der Waals surface area contributed by atoms with Crippen molar-refractivity contribution < 1.29 is 0 Å². The molecule has 0 spiro atoms. The molecule has 3 heterocycles. The fraction of sp³-hybridized carbons (Fsp3) is 0.419. The van der Waals surface area contributed by atoms with Crippen LogP contribution in [0.5, 0.6) is 0 Å². The molecule has 1 fully saturated rings. The Morgan fingerprint density at radius 1 is 0.409 bits per heavy atom. The first-order valence-corrected chi connectivity index (χ1v) is 25.1. The van der Waals surface area contributed by atoms with E-state index in [1.165, 1.54) is 115 Å². The van der Waals surface area contributed by atoms with E-state index in [4.69, 9.17) is 0 Å². The molecule has 11 rings (SSSR count). The minimum absolute atomic E-state index is 0.0111. The summed E-state index contributed by atoms with van der Waals surface area (Å²) in [6, 6.07) is 46.2. The molecule has 0 radical (unpaired) electrons. The molecular weight excluding hydrogens is 798 g/mol. The van der Waals surface area contributed by atoms with Gasteiger partial charge in [-0.3, -0.25) is 0 Å². The number of hydrogen-bond acceptors (Lipinski definition) is 3. The molecule has 6 aromatic rings. The Kier molecular flexibility index (Phi) is 9.00. The van der Waals surface area contributed by atoms with E-state index in [2.05, 4.69) is 234 Å². The summed E-state index contributed by atoms with van der Waals surface area (Å²) < 4.78 is 0. The first kappa shape index (κ1) is 43.4. The fourth-order valence-corrected chi connectivity index (χ4v) is 12.9. The second-order valence-corrected chi connectivity index (χ2v) is 25.8. The average Bonchev–Trinajstić information content (AvgIpc) is 3.38. The molecule has 2 atom stereocenters. The van der Waals surface area contributed by atoms with Crippen LogP contribution in [0.15, 0.2) is 115 Å². The van der Waals surface area contributed by atoms with E-state index in [-0.39, 0.29) is 44.7 Å². The second-order valence-electron chi connectivity index (χ2n) is 25.8. The molecule has 1 saturated carbocycles. The van der Waals surface area contributed by atoms with Crippen LogP contribution in [0.25, 0.3) is 0 Å². The van der Waals surface area contributed by atoms with Gasteiger partial charge in [-0.15, -0.1) is 0 Å². The van der Waals surface area contributed by atoms with Crippen molar-refractivity contribution in [2.75, 3.05) is 14.7 Å². The standard InChI is InChI=1S/C62H72BN3/c1-56(2,3)39-20-19-23-43(32-39)65-51-34-41(58(7,8)9)24-26-48(51)63-49-37-45-46(60(12,13)29-28-59(45,10)11)38-52(49)64(42-21-17-16-18-22-42)53-35-44(36-54(65)55(53)63)66-50-27-25-40(57(4,5)6)33-47(50)61(14)30-31-62(61,66)15/h16-27,32-38H,28-31H2,1-15H3. The van der Waals surface area contributed by atoms with Gasteiger partial charge in [-0.05, 0) is 164 Å². The number of anilines is 8. The van der Waals surface area contributed by atoms with Crippen LogP contribution >= 0.6 is 0 Å². The molecular formula is C62H72BN3. The number of rotatable bonds is 3. The van der Waals surface area contributed by atoms with E-state index in [0.717, 1.165) is 6.42 Å². The van der Waals surface area contributed by atoms with Crippen molar-refractivity contribution in [2.45, 2.75) is 168 Å². The van der Waals surface area contributed by atoms with Crippen molar-refractivity contribution in [3.8, 4) is 0 Å². The van der Waals surface area contributed by atoms with Gasteiger partial charge in [-0.2, -0.15) is 0 Å². The van der Waals surface area contributed by atoms with Gasteiger partial charge in [0.15, 0.2) is 0 Å². The monoisotopic (exact) mass is 870 g/mol. The third-order valence-corrected chi connectivity index (χ3v) is 17.6. The highest BCUT2D eigenvalue weighted by molar-refractivity contribution is 7.00. The van der Waals surface area contributed by atoms with Crippen molar-refractivity contribution >= 4 is 68.6 Å². The Morgan fingerprint density at radius 2 is 0.955 bits per heavy atom. The maximum atomic E-state index is 2.78. The summed E-state index contributed by atoms with van der Waals surface area (Å²) in [4.78, 5) is 8.11. The quantitative estimate of drug-likeness (QED) is 0.164. The van der Waals surface area contributed by atoms with E-state index in [9.17, 15) is 0 Å². The Morgan fingerprint density at radius 3 is 1.56 bits per heavy atom. The first-order valence-electron chi connectivity index (χ1n) is 25.1. The zero-order chi connectivity index (χ0) is 46.9. The lowest BCUT2D eigenvalue weighted by molar-refractivity contribution is 0.133. The molecule has 6 aromatic carbocycles. The minimum Gasteiger partial charge on any atom is -0.334 e. The van der Waals surface area contributed by atoms with Crippen molar-refractivity contribution in [2.24, 2.45) is 0 Å². The van der Waals surface area contributed by atoms with Gasteiger partial charge >= 0.3 is 0 Å². The van der Waals surface area contributed by atoms with Gasteiger partial charge in [0.05, 0.1) is 5.54 Å². The normalized spacial score (nSPS) is 22.2. The van der Waals surface area contributed by atoms with Crippen LogP contribution in [-0.2, 0) is 32.5 Å². The maximum Gasteiger partial charge on any atom is 0.252 e. The summed E-state index contributed by atoms with van der Waals surface area (Å²) in [5, 5.41) is 0. The highest BCUT2D eigenvalue weighted by atomic mass is 15.3. The van der Waals surface area contributed by atoms with Gasteiger partial charge in [-0.1, -0.05) is 158 Å². The predicted octanol–water partition coefficient (Wildman–Crippen LogP) is 15.0. The Balaban J connectivity index is 1.28. The zero-order valence-corrected chi connectivity index (χ0v) is 42.7. The third-order valence-electron chi connectivity index (χ3n) is 17.6. The van der Waals surface area contributed by atoms with Crippen LogP contribution in [0.4, 0.5) is 45.5 Å². The van der Waals surface area contributed by atoms with E-state index >= 15 is 0 Å². The number of nitrogens with zero attached hydrogens (tertiary/aromatic N) is 3. The molecule has 0 bridgehead atoms. The number of benzene rings is 6. The van der Waals surface area contributed by atoms with E-state index in [1.54, 1.807) is 0 Å². The number of fused-ring (bicyclic) bond motifs is 8. The van der Waals surface area contributed by atoms with Gasteiger partial charge in [-0.25, -0.2) is 0 Å². The van der Waals surface area contributed by atoms with Crippen molar-refractivity contribution in [3.05, 3.63) is 149 Å². The summed E-state index contributed by atoms with van der Waals surface area (Å²) in [6.45, 7) is 36.3. The molecule has 66 heavy (non-hydrogen) atoms. The summed E-state index contributed by atoms with van der Waals surface area (Å²) >= 11 is 0. The zero-order valence-electron chi connectivity index (χ0n) is 42.7. The van der Waals surface area contributed by atoms with Crippen LogP contribution in [0.2, 0.25) is 0 Å². The van der Waals surface area contributed by atoms with Crippen LogP contribution < -0.4 is 31.1 Å². The largest absolute Gasteiger partial charge is 0.334 e. The van der Waals surface area contributed by atoms with Gasteiger partial charge in [0, 0.05) is 50.9 Å². The summed E-state index contributed by atoms with van der Waals surface area (Å²) in [7, 11) is 0. The maximum absolute atomic E-state index is 2.78. The van der Waals surface area contributed by atoms with Gasteiger partial charge < -0.3 is 14.7 Å². The van der Waals surface area contributed by atoms with Crippen LogP contribution in [0.1, 0.15) is 163 Å². The smallest absolute Gasteiger partial charge is 0.252 e. The first-order chi connectivity index (χ1) is 30.8. The highest BCUT2D eigenvalue weighted by Crippen LogP contribution is 2.66. The molecule has 4 heteroatoms. The molecule has 0 amide bonds. The summed E-state index contributed by atoms with van der Waals surface area (Å²) in [6.07, 6.45) is 4.69. The van der Waals surface area contributed by atoms with Crippen molar-refractivity contribution in [3.63, 3.8) is 0 Å². The van der Waals surface area contributed by atoms with Crippen molar-refractivity contribution in [1.82, 2.24) is 0 Å². The average molecular weight is 870 g/mol. The number of hydrogen-bond donors (Lipinski definition) is 0. The minimum atomic E-state index is -0.0754. The van der Waals surface area contributed by atoms with Crippen LogP contribution in [0, 0.1) is 0 Å². The van der Waals surface area contributed by atoms with Gasteiger partial charge in [0.25, 0.3) is 6.71 Å². The molecule has 0 saturated heterocycles. The van der Waals surface area contributed by atoms with Gasteiger partial charge in [0.2, 0.25) is 0 Å².